The zero-order valence-electron chi connectivity index (χ0n) is 15.9. The van der Waals surface area contributed by atoms with Crippen molar-refractivity contribution in [3.8, 4) is 0 Å². The molecule has 2 aromatic rings. The number of ether oxygens (including phenoxy) is 1. The highest BCUT2D eigenvalue weighted by Gasteiger charge is 2.31. The molecule has 28 heavy (non-hydrogen) atoms. The summed E-state index contributed by atoms with van der Waals surface area (Å²) in [6, 6.07) is 10.8. The molecule has 0 amide bonds. The van der Waals surface area contributed by atoms with E-state index in [2.05, 4.69) is 17.0 Å². The molecule has 0 spiro atoms. The van der Waals surface area contributed by atoms with Gasteiger partial charge in [0.15, 0.2) is 5.82 Å². The Labute approximate surface area is 162 Å². The van der Waals surface area contributed by atoms with E-state index in [1.807, 2.05) is 25.1 Å². The quantitative estimate of drug-likeness (QED) is 0.555. The maximum absolute atomic E-state index is 14.7. The maximum atomic E-state index is 14.7. The average molecular weight is 391 g/mol. The standard InChI is InChI=1S/C20H23F2N3O3/c1-14-11-24(9-8-23(14)12-15-6-4-3-5-7-15)20-16(13-28-2)19(22)18(25(26)27)10-17(20)21/h3-7,10,14H,8-9,11-13H2,1-2H3. The first-order chi connectivity index (χ1) is 13.4. The largest absolute Gasteiger partial charge is 0.380 e. The van der Waals surface area contributed by atoms with Crippen LogP contribution in [-0.2, 0) is 17.9 Å². The highest BCUT2D eigenvalue weighted by molar-refractivity contribution is 5.60. The van der Waals surface area contributed by atoms with Crippen LogP contribution < -0.4 is 4.90 Å². The molecule has 3 rings (SSSR count). The number of piperazine rings is 1. The third kappa shape index (κ3) is 4.13. The summed E-state index contributed by atoms with van der Waals surface area (Å²) in [7, 11) is 1.35. The zero-order valence-corrected chi connectivity index (χ0v) is 15.9. The van der Waals surface area contributed by atoms with Crippen molar-refractivity contribution >= 4 is 11.4 Å². The smallest absolute Gasteiger partial charge is 0.308 e. The van der Waals surface area contributed by atoms with Crippen LogP contribution in [0.4, 0.5) is 20.2 Å². The van der Waals surface area contributed by atoms with Gasteiger partial charge in [0.1, 0.15) is 0 Å². The van der Waals surface area contributed by atoms with Gasteiger partial charge in [0, 0.05) is 44.9 Å². The Morgan fingerprint density at radius 1 is 1.25 bits per heavy atom. The van der Waals surface area contributed by atoms with Gasteiger partial charge in [-0.2, -0.15) is 4.39 Å². The summed E-state index contributed by atoms with van der Waals surface area (Å²) in [5.41, 5.74) is 0.258. The lowest BCUT2D eigenvalue weighted by molar-refractivity contribution is -0.387. The van der Waals surface area contributed by atoms with Crippen molar-refractivity contribution in [3.63, 3.8) is 0 Å². The maximum Gasteiger partial charge on any atom is 0.308 e. The fourth-order valence-corrected chi connectivity index (χ4v) is 3.66. The molecule has 0 aromatic heterocycles. The summed E-state index contributed by atoms with van der Waals surface area (Å²) in [6.07, 6.45) is 0. The van der Waals surface area contributed by atoms with Crippen LogP contribution in [0.5, 0.6) is 0 Å². The molecule has 0 aliphatic carbocycles. The summed E-state index contributed by atoms with van der Waals surface area (Å²) >= 11 is 0. The lowest BCUT2D eigenvalue weighted by Crippen LogP contribution is -2.52. The Hall–Kier alpha value is -2.58. The van der Waals surface area contributed by atoms with Gasteiger partial charge in [-0.05, 0) is 12.5 Å². The molecular formula is C20H23F2N3O3. The first-order valence-electron chi connectivity index (χ1n) is 9.09. The molecule has 1 unspecified atom stereocenters. The van der Waals surface area contributed by atoms with Crippen molar-refractivity contribution in [2.24, 2.45) is 0 Å². The molecule has 1 aliphatic rings. The lowest BCUT2D eigenvalue weighted by Gasteiger charge is -2.41. The normalized spacial score (nSPS) is 17.7. The summed E-state index contributed by atoms with van der Waals surface area (Å²) in [4.78, 5) is 14.1. The van der Waals surface area contributed by atoms with Crippen LogP contribution in [0, 0.1) is 21.7 Å². The number of methoxy groups -OCH3 is 1. The Kier molecular flexibility index (Phi) is 6.21. The molecule has 0 saturated carbocycles. The lowest BCUT2D eigenvalue weighted by atomic mass is 10.1. The molecule has 1 aliphatic heterocycles. The molecule has 1 saturated heterocycles. The highest BCUT2D eigenvalue weighted by atomic mass is 19.1. The van der Waals surface area contributed by atoms with Crippen LogP contribution >= 0.6 is 0 Å². The van der Waals surface area contributed by atoms with Crippen molar-refractivity contribution in [3.05, 3.63) is 69.3 Å². The Bertz CT molecular complexity index is 848. The molecule has 150 valence electrons. The van der Waals surface area contributed by atoms with Crippen molar-refractivity contribution in [2.45, 2.75) is 26.1 Å². The first kappa shape index (κ1) is 20.2. The van der Waals surface area contributed by atoms with Crippen LogP contribution in [-0.4, -0.2) is 42.6 Å². The molecule has 8 heteroatoms. The topological polar surface area (TPSA) is 58.9 Å². The minimum Gasteiger partial charge on any atom is -0.380 e. The number of halogens is 2. The van der Waals surface area contributed by atoms with E-state index in [0.717, 1.165) is 6.54 Å². The van der Waals surface area contributed by atoms with Crippen LogP contribution in [0.1, 0.15) is 18.1 Å². The fourth-order valence-electron chi connectivity index (χ4n) is 3.66. The molecule has 1 fully saturated rings. The number of nitro benzene ring substituents is 1. The van der Waals surface area contributed by atoms with E-state index in [4.69, 9.17) is 4.74 Å². The number of hydrogen-bond acceptors (Lipinski definition) is 5. The van der Waals surface area contributed by atoms with Crippen LogP contribution in [0.3, 0.4) is 0 Å². The van der Waals surface area contributed by atoms with Gasteiger partial charge in [-0.25, -0.2) is 4.39 Å². The minimum atomic E-state index is -1.04. The van der Waals surface area contributed by atoms with E-state index in [0.29, 0.717) is 25.7 Å². The summed E-state index contributed by atoms with van der Waals surface area (Å²) in [5, 5.41) is 11.0. The van der Waals surface area contributed by atoms with Gasteiger partial charge in [0.2, 0.25) is 5.82 Å². The average Bonchev–Trinajstić information content (AvgIpc) is 2.67. The van der Waals surface area contributed by atoms with Gasteiger partial charge >= 0.3 is 5.69 Å². The van der Waals surface area contributed by atoms with E-state index in [1.165, 1.54) is 12.7 Å². The van der Waals surface area contributed by atoms with Gasteiger partial charge in [0.25, 0.3) is 0 Å². The van der Waals surface area contributed by atoms with Crippen molar-refractivity contribution in [2.75, 3.05) is 31.6 Å². The van der Waals surface area contributed by atoms with Gasteiger partial charge in [0.05, 0.1) is 23.3 Å². The van der Waals surface area contributed by atoms with Gasteiger partial charge in [-0.1, -0.05) is 30.3 Å². The molecule has 0 N–H and O–H groups in total. The number of anilines is 1. The summed E-state index contributed by atoms with van der Waals surface area (Å²) < 4.78 is 34.4. The number of benzene rings is 2. The third-order valence-electron chi connectivity index (χ3n) is 5.06. The Balaban J connectivity index is 1.84. The van der Waals surface area contributed by atoms with Crippen LogP contribution in [0.2, 0.25) is 0 Å². The molecule has 2 aromatic carbocycles. The van der Waals surface area contributed by atoms with Gasteiger partial charge in [-0.15, -0.1) is 0 Å². The monoisotopic (exact) mass is 391 g/mol. The Morgan fingerprint density at radius 2 is 1.96 bits per heavy atom. The third-order valence-corrected chi connectivity index (χ3v) is 5.06. The minimum absolute atomic E-state index is 0.0520. The summed E-state index contributed by atoms with van der Waals surface area (Å²) in [6.45, 7) is 4.21. The SMILES string of the molecule is COCc1c(F)c([N+](=O)[O-])cc(F)c1N1CCN(Cc2ccccc2)C(C)C1. The molecule has 0 radical (unpaired) electrons. The second kappa shape index (κ2) is 8.62. The molecule has 1 heterocycles. The predicted molar refractivity (Wildman–Crippen MR) is 102 cm³/mol. The first-order valence-corrected chi connectivity index (χ1v) is 9.09. The number of rotatable bonds is 6. The molecule has 6 nitrogen and oxygen atoms in total. The molecular weight excluding hydrogens is 368 g/mol. The van der Waals surface area contributed by atoms with Gasteiger partial charge in [-0.3, -0.25) is 15.0 Å². The van der Waals surface area contributed by atoms with Crippen LogP contribution in [0.15, 0.2) is 36.4 Å². The fraction of sp³-hybridized carbons (Fsp3) is 0.400. The second-order valence-electron chi connectivity index (χ2n) is 6.96. The van der Waals surface area contributed by atoms with E-state index in [-0.39, 0.29) is 23.9 Å². The zero-order chi connectivity index (χ0) is 20.3. The van der Waals surface area contributed by atoms with E-state index >= 15 is 0 Å². The summed E-state index contributed by atoms with van der Waals surface area (Å²) in [5.74, 6) is -1.84. The highest BCUT2D eigenvalue weighted by Crippen LogP contribution is 2.34. The van der Waals surface area contributed by atoms with Gasteiger partial charge < -0.3 is 9.64 Å². The number of nitro groups is 1. The number of nitrogens with zero attached hydrogens (tertiary/aromatic N) is 3. The molecule has 1 atom stereocenters. The van der Waals surface area contributed by atoms with Crippen molar-refractivity contribution in [1.82, 2.24) is 4.90 Å². The number of hydrogen-bond donors (Lipinski definition) is 0. The predicted octanol–water partition coefficient (Wildman–Crippen LogP) is 3.73. The van der Waals surface area contributed by atoms with E-state index < -0.39 is 22.2 Å². The molecule has 0 bridgehead atoms. The Morgan fingerprint density at radius 3 is 2.57 bits per heavy atom. The van der Waals surface area contributed by atoms with E-state index in [9.17, 15) is 18.9 Å². The van der Waals surface area contributed by atoms with Crippen LogP contribution in [0.25, 0.3) is 0 Å². The second-order valence-corrected chi connectivity index (χ2v) is 6.96. The van der Waals surface area contributed by atoms with Crippen molar-refractivity contribution in [1.29, 1.82) is 0 Å². The van der Waals surface area contributed by atoms with Crippen molar-refractivity contribution < 1.29 is 18.4 Å². The van der Waals surface area contributed by atoms with E-state index in [1.54, 1.807) is 4.90 Å².